The second kappa shape index (κ2) is 6.15. The van der Waals surface area contributed by atoms with Gasteiger partial charge in [0.15, 0.2) is 5.75 Å². The number of phenolic OH excluding ortho intramolecular Hbond substituents is 1. The summed E-state index contributed by atoms with van der Waals surface area (Å²) in [4.78, 5) is 27.9. The molecule has 3 amide bonds. The Morgan fingerprint density at radius 3 is 2.52 bits per heavy atom. The quantitative estimate of drug-likeness (QED) is 0.635. The van der Waals surface area contributed by atoms with E-state index < -0.39 is 11.9 Å². The fourth-order valence-corrected chi connectivity index (χ4v) is 2.15. The van der Waals surface area contributed by atoms with E-state index in [1.807, 2.05) is 0 Å². The van der Waals surface area contributed by atoms with Crippen molar-refractivity contribution in [3.8, 4) is 5.75 Å². The molecule has 3 aromatic rings. The van der Waals surface area contributed by atoms with Crippen LogP contribution in [0.1, 0.15) is 10.4 Å². The number of hydrogen-bond acceptors (Lipinski definition) is 4. The number of phenols is 1. The third-order valence-corrected chi connectivity index (χ3v) is 3.26. The minimum atomic E-state index is -0.732. The molecule has 3 N–H and O–H groups in total. The van der Waals surface area contributed by atoms with Crippen LogP contribution in [-0.4, -0.2) is 22.0 Å². The predicted octanol–water partition coefficient (Wildman–Crippen LogP) is 2.90. The van der Waals surface area contributed by atoms with E-state index in [1.165, 1.54) is 0 Å². The number of amides is 3. The van der Waals surface area contributed by atoms with Crippen LogP contribution in [0.15, 0.2) is 60.8 Å². The van der Waals surface area contributed by atoms with Crippen LogP contribution < -0.4 is 10.6 Å². The number of urea groups is 1. The van der Waals surface area contributed by atoms with Crippen molar-refractivity contribution in [3.63, 3.8) is 0 Å². The molecule has 0 aliphatic rings. The molecule has 0 fully saturated rings. The van der Waals surface area contributed by atoms with Crippen molar-refractivity contribution < 1.29 is 14.7 Å². The van der Waals surface area contributed by atoms with Gasteiger partial charge in [-0.3, -0.25) is 15.1 Å². The van der Waals surface area contributed by atoms with Gasteiger partial charge in [-0.05, 0) is 24.3 Å². The van der Waals surface area contributed by atoms with Gasteiger partial charge in [-0.2, -0.15) is 0 Å². The van der Waals surface area contributed by atoms with Crippen LogP contribution in [0.5, 0.6) is 5.75 Å². The topological polar surface area (TPSA) is 91.3 Å². The predicted molar refractivity (Wildman–Crippen MR) is 86.3 cm³/mol. The number of pyridine rings is 1. The average molecular weight is 307 g/mol. The summed E-state index contributed by atoms with van der Waals surface area (Å²) < 4.78 is 0. The average Bonchev–Trinajstić information content (AvgIpc) is 2.58. The zero-order valence-corrected chi connectivity index (χ0v) is 12.0. The van der Waals surface area contributed by atoms with E-state index in [9.17, 15) is 14.7 Å². The first-order valence-electron chi connectivity index (χ1n) is 6.89. The Balaban J connectivity index is 1.76. The van der Waals surface area contributed by atoms with Gasteiger partial charge < -0.3 is 10.4 Å². The number of rotatable bonds is 2. The first-order chi connectivity index (χ1) is 11.1. The molecule has 0 radical (unpaired) electrons. The lowest BCUT2D eigenvalue weighted by molar-refractivity contribution is 0.0967. The number of carbonyl (C=O) groups excluding carboxylic acids is 2. The van der Waals surface area contributed by atoms with Crippen LogP contribution in [0, 0.1) is 0 Å². The van der Waals surface area contributed by atoms with Crippen molar-refractivity contribution in [2.45, 2.75) is 0 Å². The van der Waals surface area contributed by atoms with Crippen molar-refractivity contribution in [3.05, 3.63) is 66.4 Å². The maximum atomic E-state index is 11.9. The summed E-state index contributed by atoms with van der Waals surface area (Å²) in [6.45, 7) is 0. The van der Waals surface area contributed by atoms with Crippen LogP contribution in [0.4, 0.5) is 10.5 Å². The lowest BCUT2D eigenvalue weighted by Gasteiger charge is -2.09. The summed E-state index contributed by atoms with van der Waals surface area (Å²) >= 11 is 0. The molecule has 0 atom stereocenters. The summed E-state index contributed by atoms with van der Waals surface area (Å²) in [5, 5.41) is 15.5. The molecule has 1 heterocycles. The van der Waals surface area contributed by atoms with E-state index in [4.69, 9.17) is 0 Å². The Hall–Kier alpha value is -3.41. The summed E-state index contributed by atoms with van der Waals surface area (Å²) in [5.74, 6) is -0.674. The number of benzene rings is 2. The highest BCUT2D eigenvalue weighted by Crippen LogP contribution is 2.30. The van der Waals surface area contributed by atoms with Gasteiger partial charge in [-0.15, -0.1) is 0 Å². The molecule has 114 valence electrons. The number of fused-ring (bicyclic) bond motifs is 1. The summed E-state index contributed by atoms with van der Waals surface area (Å²) in [5.41, 5.74) is 0.918. The molecular formula is C17H13N3O3. The number of aromatic nitrogens is 1. The molecule has 0 aliphatic heterocycles. The molecule has 2 aromatic carbocycles. The fraction of sp³-hybridized carbons (Fsp3) is 0. The number of nitrogens with zero attached hydrogens (tertiary/aromatic N) is 1. The standard InChI is InChI=1S/C17H13N3O3/c21-15-13(9-8-11-7-4-10-18-14(11)15)19-17(23)20-16(22)12-5-2-1-3-6-12/h1-10,21H,(H2,19,20,22,23). The normalized spacial score (nSPS) is 10.3. The van der Waals surface area contributed by atoms with Crippen LogP contribution in [0.3, 0.4) is 0 Å². The van der Waals surface area contributed by atoms with Gasteiger partial charge in [0.1, 0.15) is 5.52 Å². The van der Waals surface area contributed by atoms with Crippen LogP contribution in [0.25, 0.3) is 10.9 Å². The SMILES string of the molecule is O=C(NC(=O)c1ccccc1)Nc1ccc2cccnc2c1O. The molecular weight excluding hydrogens is 294 g/mol. The Morgan fingerprint density at radius 2 is 1.74 bits per heavy atom. The highest BCUT2D eigenvalue weighted by molar-refractivity contribution is 6.09. The lowest BCUT2D eigenvalue weighted by Crippen LogP contribution is -2.34. The van der Waals surface area contributed by atoms with Gasteiger partial charge >= 0.3 is 6.03 Å². The van der Waals surface area contributed by atoms with Crippen LogP contribution >= 0.6 is 0 Å². The number of aromatic hydroxyl groups is 1. The Morgan fingerprint density at radius 1 is 0.957 bits per heavy atom. The van der Waals surface area contributed by atoms with Crippen molar-refractivity contribution in [1.82, 2.24) is 10.3 Å². The molecule has 6 heteroatoms. The molecule has 1 aromatic heterocycles. The van der Waals surface area contributed by atoms with Crippen LogP contribution in [-0.2, 0) is 0 Å². The number of carbonyl (C=O) groups is 2. The van der Waals surface area contributed by atoms with E-state index in [1.54, 1.807) is 60.8 Å². The molecule has 0 saturated carbocycles. The largest absolute Gasteiger partial charge is 0.504 e. The number of anilines is 1. The first-order valence-corrected chi connectivity index (χ1v) is 6.89. The van der Waals surface area contributed by atoms with Crippen LogP contribution in [0.2, 0.25) is 0 Å². The lowest BCUT2D eigenvalue weighted by atomic mass is 10.2. The van der Waals surface area contributed by atoms with Gasteiger partial charge in [0.2, 0.25) is 0 Å². The van der Waals surface area contributed by atoms with Gasteiger partial charge in [-0.1, -0.05) is 30.3 Å². The Labute approximate surface area is 131 Å². The Bertz CT molecular complexity index is 879. The zero-order valence-electron chi connectivity index (χ0n) is 12.0. The highest BCUT2D eigenvalue weighted by atomic mass is 16.3. The summed E-state index contributed by atoms with van der Waals surface area (Å²) in [6.07, 6.45) is 1.55. The third-order valence-electron chi connectivity index (χ3n) is 3.26. The summed E-state index contributed by atoms with van der Waals surface area (Å²) in [6, 6.07) is 14.5. The van der Waals surface area contributed by atoms with Crippen molar-refractivity contribution >= 4 is 28.5 Å². The van der Waals surface area contributed by atoms with Crippen molar-refractivity contribution in [2.75, 3.05) is 5.32 Å². The van der Waals surface area contributed by atoms with Crippen molar-refractivity contribution in [1.29, 1.82) is 0 Å². The summed E-state index contributed by atoms with van der Waals surface area (Å²) in [7, 11) is 0. The number of imide groups is 1. The first kappa shape index (κ1) is 14.5. The van der Waals surface area contributed by atoms with Gasteiger partial charge in [0.25, 0.3) is 5.91 Å². The van der Waals surface area contributed by atoms with E-state index in [2.05, 4.69) is 15.6 Å². The van der Waals surface area contributed by atoms with Crippen molar-refractivity contribution in [2.24, 2.45) is 0 Å². The molecule has 23 heavy (non-hydrogen) atoms. The minimum Gasteiger partial charge on any atom is -0.504 e. The van der Waals surface area contributed by atoms with Gasteiger partial charge in [-0.25, -0.2) is 4.79 Å². The Kier molecular flexibility index (Phi) is 3.88. The molecule has 3 rings (SSSR count). The molecule has 6 nitrogen and oxygen atoms in total. The van der Waals surface area contributed by atoms with E-state index in [0.29, 0.717) is 11.1 Å². The second-order valence-corrected chi connectivity index (χ2v) is 4.81. The van der Waals surface area contributed by atoms with E-state index in [-0.39, 0.29) is 11.4 Å². The smallest absolute Gasteiger partial charge is 0.326 e. The van der Waals surface area contributed by atoms with Gasteiger partial charge in [0.05, 0.1) is 5.69 Å². The highest BCUT2D eigenvalue weighted by Gasteiger charge is 2.13. The minimum absolute atomic E-state index is 0.148. The van der Waals surface area contributed by atoms with E-state index in [0.717, 1.165) is 5.39 Å². The maximum Gasteiger partial charge on any atom is 0.326 e. The number of hydrogen-bond donors (Lipinski definition) is 3. The maximum absolute atomic E-state index is 11.9. The molecule has 0 bridgehead atoms. The van der Waals surface area contributed by atoms with Gasteiger partial charge in [0, 0.05) is 17.1 Å². The molecule has 0 saturated heterocycles. The monoisotopic (exact) mass is 307 g/mol. The molecule has 0 unspecified atom stereocenters. The second-order valence-electron chi connectivity index (χ2n) is 4.81. The number of nitrogens with one attached hydrogen (secondary N) is 2. The van der Waals surface area contributed by atoms with E-state index >= 15 is 0 Å². The zero-order chi connectivity index (χ0) is 16.2. The fourth-order valence-electron chi connectivity index (χ4n) is 2.15. The third kappa shape index (κ3) is 3.11. The molecule has 0 aliphatic carbocycles. The molecule has 0 spiro atoms.